The number of hydrogen-bond donors (Lipinski definition) is 2. The predicted molar refractivity (Wildman–Crippen MR) is 60.3 cm³/mol. The Morgan fingerprint density at radius 3 is 2.93 bits per heavy atom. The Hall–Kier alpha value is 0.0569. The summed E-state index contributed by atoms with van der Waals surface area (Å²) in [5.41, 5.74) is 0. The lowest BCUT2D eigenvalue weighted by Gasteiger charge is -2.11. The lowest BCUT2D eigenvalue weighted by Crippen LogP contribution is -2.30. The van der Waals surface area contributed by atoms with Crippen molar-refractivity contribution in [3.8, 4) is 0 Å². The van der Waals surface area contributed by atoms with Crippen LogP contribution in [0.3, 0.4) is 0 Å². The maximum Gasteiger partial charge on any atom is 0.161 e. The van der Waals surface area contributed by atoms with Crippen LogP contribution in [0.25, 0.3) is 0 Å². The van der Waals surface area contributed by atoms with E-state index >= 15 is 0 Å². The van der Waals surface area contributed by atoms with Crippen LogP contribution < -0.4 is 5.32 Å². The van der Waals surface area contributed by atoms with Crippen molar-refractivity contribution in [3.05, 3.63) is 0 Å². The van der Waals surface area contributed by atoms with Crippen molar-refractivity contribution < 1.29 is 14.3 Å². The molecule has 86 valence electrons. The standard InChI is InChI=1S/C9H23NO3Si/c1-3-10-7-9(11)8-13-5-4-6-14-12-2/h9-11H,3-8,14H2,1-2H3. The van der Waals surface area contributed by atoms with E-state index in [2.05, 4.69) is 5.32 Å². The highest BCUT2D eigenvalue weighted by atomic mass is 28.2. The van der Waals surface area contributed by atoms with Gasteiger partial charge in [-0.3, -0.25) is 0 Å². The van der Waals surface area contributed by atoms with E-state index < -0.39 is 0 Å². The fraction of sp³-hybridized carbons (Fsp3) is 1.00. The van der Waals surface area contributed by atoms with E-state index in [1.165, 1.54) is 0 Å². The van der Waals surface area contributed by atoms with Gasteiger partial charge >= 0.3 is 0 Å². The molecule has 1 unspecified atom stereocenters. The first kappa shape index (κ1) is 14.1. The van der Waals surface area contributed by atoms with Gasteiger partial charge in [0.1, 0.15) is 0 Å². The molecule has 0 bridgehead atoms. The highest BCUT2D eigenvalue weighted by Crippen LogP contribution is 1.91. The molecule has 1 atom stereocenters. The normalized spacial score (nSPS) is 13.9. The van der Waals surface area contributed by atoms with Gasteiger partial charge in [-0.05, 0) is 19.0 Å². The van der Waals surface area contributed by atoms with Crippen molar-refractivity contribution in [1.29, 1.82) is 0 Å². The minimum atomic E-state index is -0.380. The molecule has 0 aliphatic rings. The van der Waals surface area contributed by atoms with Crippen molar-refractivity contribution in [2.75, 3.05) is 33.4 Å². The smallest absolute Gasteiger partial charge is 0.161 e. The number of rotatable bonds is 10. The SMILES string of the molecule is CCNCC(O)COCCC[SiH2]OC. The Kier molecular flexibility index (Phi) is 11.2. The van der Waals surface area contributed by atoms with E-state index in [0.717, 1.165) is 25.6 Å². The molecule has 4 nitrogen and oxygen atoms in total. The molecule has 0 heterocycles. The second-order valence-corrected chi connectivity index (χ2v) is 4.93. The van der Waals surface area contributed by atoms with Gasteiger partial charge in [0, 0.05) is 20.3 Å². The van der Waals surface area contributed by atoms with Crippen LogP contribution in [-0.2, 0) is 9.16 Å². The molecular weight excluding hydrogens is 198 g/mol. The van der Waals surface area contributed by atoms with Gasteiger partial charge in [-0.2, -0.15) is 0 Å². The van der Waals surface area contributed by atoms with E-state index in [0.29, 0.717) is 13.2 Å². The Morgan fingerprint density at radius 2 is 2.29 bits per heavy atom. The molecule has 2 N–H and O–H groups in total. The number of aliphatic hydroxyl groups excluding tert-OH is 1. The molecule has 0 radical (unpaired) electrons. The molecule has 0 rings (SSSR count). The van der Waals surface area contributed by atoms with E-state index in [9.17, 15) is 5.11 Å². The van der Waals surface area contributed by atoms with Gasteiger partial charge in [-0.25, -0.2) is 0 Å². The van der Waals surface area contributed by atoms with Crippen molar-refractivity contribution in [2.45, 2.75) is 25.5 Å². The maximum absolute atomic E-state index is 9.38. The fourth-order valence-corrected chi connectivity index (χ4v) is 1.74. The second kappa shape index (κ2) is 11.1. The predicted octanol–water partition coefficient (Wildman–Crippen LogP) is -0.488. The monoisotopic (exact) mass is 221 g/mol. The third-order valence-electron chi connectivity index (χ3n) is 1.83. The van der Waals surface area contributed by atoms with Crippen LogP contribution in [-0.4, -0.2) is 54.4 Å². The summed E-state index contributed by atoms with van der Waals surface area (Å²) in [4.78, 5) is 0. The van der Waals surface area contributed by atoms with Crippen molar-refractivity contribution in [1.82, 2.24) is 5.32 Å². The average Bonchev–Trinajstić information content (AvgIpc) is 2.20. The van der Waals surface area contributed by atoms with Crippen LogP contribution in [0.1, 0.15) is 13.3 Å². The second-order valence-electron chi connectivity index (χ2n) is 3.24. The van der Waals surface area contributed by atoms with Crippen LogP contribution in [0.4, 0.5) is 0 Å². The molecule has 0 amide bonds. The Bertz CT molecular complexity index is 116. The Labute approximate surface area is 88.9 Å². The van der Waals surface area contributed by atoms with Gasteiger partial charge < -0.3 is 19.6 Å². The van der Waals surface area contributed by atoms with Crippen LogP contribution in [0.15, 0.2) is 0 Å². The summed E-state index contributed by atoms with van der Waals surface area (Å²) in [6, 6.07) is 1.15. The average molecular weight is 221 g/mol. The minimum Gasteiger partial charge on any atom is -0.427 e. The maximum atomic E-state index is 9.38. The molecule has 14 heavy (non-hydrogen) atoms. The number of likely N-dealkylation sites (N-methyl/N-ethyl adjacent to an activating group) is 1. The summed E-state index contributed by atoms with van der Waals surface area (Å²) in [7, 11) is 1.46. The lowest BCUT2D eigenvalue weighted by molar-refractivity contribution is 0.0375. The summed E-state index contributed by atoms with van der Waals surface area (Å²) in [5.74, 6) is 0. The molecule has 0 aromatic carbocycles. The third kappa shape index (κ3) is 10.1. The quantitative estimate of drug-likeness (QED) is 0.386. The van der Waals surface area contributed by atoms with Gasteiger partial charge in [-0.15, -0.1) is 0 Å². The summed E-state index contributed by atoms with van der Waals surface area (Å²) >= 11 is 0. The largest absolute Gasteiger partial charge is 0.427 e. The molecule has 0 aromatic heterocycles. The molecule has 0 aromatic rings. The molecule has 0 saturated carbocycles. The van der Waals surface area contributed by atoms with Gasteiger partial charge in [-0.1, -0.05) is 6.92 Å². The Balaban J connectivity index is 3.02. The van der Waals surface area contributed by atoms with Gasteiger partial charge in [0.15, 0.2) is 9.76 Å². The molecular formula is C9H23NO3Si. The minimum absolute atomic E-state index is 0.294. The van der Waals surface area contributed by atoms with Gasteiger partial charge in [0.05, 0.1) is 12.7 Å². The molecule has 0 spiro atoms. The van der Waals surface area contributed by atoms with E-state index in [-0.39, 0.29) is 15.9 Å². The molecule has 0 aliphatic carbocycles. The zero-order chi connectivity index (χ0) is 10.6. The van der Waals surface area contributed by atoms with E-state index in [1.54, 1.807) is 7.11 Å². The summed E-state index contributed by atoms with van der Waals surface area (Å²) in [6.45, 7) is 4.68. The van der Waals surface area contributed by atoms with Crippen molar-refractivity contribution in [2.24, 2.45) is 0 Å². The zero-order valence-corrected chi connectivity index (χ0v) is 10.7. The number of hydrogen-bond acceptors (Lipinski definition) is 4. The summed E-state index contributed by atoms with van der Waals surface area (Å²) in [6.07, 6.45) is 0.670. The fourth-order valence-electron chi connectivity index (χ4n) is 1.04. The molecule has 0 aliphatic heterocycles. The highest BCUT2D eigenvalue weighted by Gasteiger charge is 2.02. The first-order valence-electron chi connectivity index (χ1n) is 5.26. The van der Waals surface area contributed by atoms with Crippen molar-refractivity contribution in [3.63, 3.8) is 0 Å². The van der Waals surface area contributed by atoms with Gasteiger partial charge in [0.2, 0.25) is 0 Å². The summed E-state index contributed by atoms with van der Waals surface area (Å²) in [5, 5.41) is 12.4. The molecule has 0 saturated heterocycles. The number of aliphatic hydroxyl groups is 1. The molecule has 5 heteroatoms. The van der Waals surface area contributed by atoms with E-state index in [4.69, 9.17) is 9.16 Å². The van der Waals surface area contributed by atoms with Crippen LogP contribution in [0.5, 0.6) is 0 Å². The summed E-state index contributed by atoms with van der Waals surface area (Å²) < 4.78 is 10.4. The first-order valence-corrected chi connectivity index (χ1v) is 6.84. The Morgan fingerprint density at radius 1 is 1.50 bits per heavy atom. The van der Waals surface area contributed by atoms with E-state index in [1.807, 2.05) is 6.92 Å². The third-order valence-corrected chi connectivity index (χ3v) is 3.02. The molecule has 0 fully saturated rings. The van der Waals surface area contributed by atoms with Crippen LogP contribution in [0, 0.1) is 0 Å². The number of ether oxygens (including phenoxy) is 1. The lowest BCUT2D eigenvalue weighted by atomic mass is 10.4. The first-order chi connectivity index (χ1) is 6.81. The van der Waals surface area contributed by atoms with Crippen LogP contribution in [0.2, 0.25) is 6.04 Å². The highest BCUT2D eigenvalue weighted by molar-refractivity contribution is 6.26. The number of nitrogens with one attached hydrogen (secondary N) is 1. The topological polar surface area (TPSA) is 50.7 Å². The van der Waals surface area contributed by atoms with Crippen molar-refractivity contribution >= 4 is 9.76 Å². The zero-order valence-electron chi connectivity index (χ0n) is 9.29. The van der Waals surface area contributed by atoms with Gasteiger partial charge in [0.25, 0.3) is 0 Å². The van der Waals surface area contributed by atoms with Crippen LogP contribution >= 0.6 is 0 Å².